The second-order valence-electron chi connectivity index (χ2n) is 3.88. The Morgan fingerprint density at radius 1 is 1.46 bits per heavy atom. The van der Waals surface area contributed by atoms with Crippen LogP contribution in [0.25, 0.3) is 0 Å². The van der Waals surface area contributed by atoms with Gasteiger partial charge in [-0.15, -0.1) is 0 Å². The summed E-state index contributed by atoms with van der Waals surface area (Å²) in [6.45, 7) is 7.61. The molecule has 0 amide bonds. The van der Waals surface area contributed by atoms with Gasteiger partial charge in [-0.2, -0.15) is 5.10 Å². The van der Waals surface area contributed by atoms with Crippen molar-refractivity contribution in [3.05, 3.63) is 18.5 Å². The van der Waals surface area contributed by atoms with E-state index >= 15 is 0 Å². The van der Waals surface area contributed by atoms with E-state index in [1.807, 2.05) is 37.7 Å². The van der Waals surface area contributed by atoms with Gasteiger partial charge in [-0.1, -0.05) is 0 Å². The van der Waals surface area contributed by atoms with Crippen LogP contribution < -0.4 is 5.48 Å². The fourth-order valence-electron chi connectivity index (χ4n) is 0.860. The predicted octanol–water partition coefficient (Wildman–Crippen LogP) is 1.20. The Balaban J connectivity index is 2.09. The highest BCUT2D eigenvalue weighted by atomic mass is 16.7. The van der Waals surface area contributed by atoms with Gasteiger partial charge in [-0.05, 0) is 26.8 Å². The summed E-state index contributed by atoms with van der Waals surface area (Å²) in [5.74, 6) is 0. The normalized spacial score (nSPS) is 11.9. The molecule has 0 saturated carbocycles. The van der Waals surface area contributed by atoms with Crippen molar-refractivity contribution in [3.8, 4) is 0 Å². The zero-order valence-electron chi connectivity index (χ0n) is 8.45. The quantitative estimate of drug-likeness (QED) is 0.563. The van der Waals surface area contributed by atoms with Crippen LogP contribution in [0.3, 0.4) is 0 Å². The van der Waals surface area contributed by atoms with Crippen LogP contribution in [0.5, 0.6) is 0 Å². The Hall–Kier alpha value is -0.870. The van der Waals surface area contributed by atoms with Gasteiger partial charge in [0.05, 0.1) is 12.1 Å². The maximum absolute atomic E-state index is 5.34. The molecule has 1 aromatic heterocycles. The van der Waals surface area contributed by atoms with Crippen LogP contribution in [-0.4, -0.2) is 21.9 Å². The van der Waals surface area contributed by atoms with Crippen LogP contribution in [0.15, 0.2) is 18.5 Å². The second kappa shape index (κ2) is 4.39. The number of nitrogens with zero attached hydrogens (tertiary/aromatic N) is 2. The minimum Gasteiger partial charge on any atom is -0.296 e. The van der Waals surface area contributed by atoms with E-state index in [0.29, 0.717) is 0 Å². The molecular weight excluding hydrogens is 166 g/mol. The molecule has 0 bridgehead atoms. The first-order valence-corrected chi connectivity index (χ1v) is 4.46. The summed E-state index contributed by atoms with van der Waals surface area (Å²) in [7, 11) is 0. The molecule has 0 spiro atoms. The van der Waals surface area contributed by atoms with Gasteiger partial charge in [0.1, 0.15) is 0 Å². The highest BCUT2D eigenvalue weighted by Crippen LogP contribution is 2.02. The maximum Gasteiger partial charge on any atom is 0.0812 e. The first-order valence-electron chi connectivity index (χ1n) is 4.46. The Morgan fingerprint density at radius 2 is 2.23 bits per heavy atom. The van der Waals surface area contributed by atoms with Gasteiger partial charge >= 0.3 is 0 Å². The molecule has 13 heavy (non-hydrogen) atoms. The third-order valence-electron chi connectivity index (χ3n) is 1.38. The van der Waals surface area contributed by atoms with E-state index in [2.05, 4.69) is 10.6 Å². The molecule has 0 aliphatic rings. The topological polar surface area (TPSA) is 39.1 Å². The molecule has 1 rings (SSSR count). The van der Waals surface area contributed by atoms with E-state index in [1.165, 1.54) is 0 Å². The van der Waals surface area contributed by atoms with Crippen LogP contribution in [0, 0.1) is 0 Å². The molecule has 0 aliphatic heterocycles. The lowest BCUT2D eigenvalue weighted by Crippen LogP contribution is -2.31. The first kappa shape index (κ1) is 10.2. The monoisotopic (exact) mass is 183 g/mol. The fourth-order valence-corrected chi connectivity index (χ4v) is 0.860. The van der Waals surface area contributed by atoms with Crippen molar-refractivity contribution in [1.29, 1.82) is 0 Å². The third kappa shape index (κ3) is 4.65. The fraction of sp³-hybridized carbons (Fsp3) is 0.667. The van der Waals surface area contributed by atoms with Crippen molar-refractivity contribution in [2.45, 2.75) is 32.9 Å². The predicted molar refractivity (Wildman–Crippen MR) is 51.1 cm³/mol. The second-order valence-corrected chi connectivity index (χ2v) is 3.88. The van der Waals surface area contributed by atoms with Gasteiger partial charge < -0.3 is 0 Å². The Morgan fingerprint density at radius 3 is 2.77 bits per heavy atom. The summed E-state index contributed by atoms with van der Waals surface area (Å²) in [4.78, 5) is 5.34. The zero-order valence-corrected chi connectivity index (χ0v) is 8.45. The smallest absolute Gasteiger partial charge is 0.0812 e. The Labute approximate surface area is 78.8 Å². The van der Waals surface area contributed by atoms with Crippen LogP contribution in [0.1, 0.15) is 20.8 Å². The first-order chi connectivity index (χ1) is 6.08. The summed E-state index contributed by atoms with van der Waals surface area (Å²) in [5.41, 5.74) is 2.77. The van der Waals surface area contributed by atoms with Gasteiger partial charge in [0.15, 0.2) is 0 Å². The highest BCUT2D eigenvalue weighted by Gasteiger charge is 2.09. The molecule has 4 heteroatoms. The average Bonchev–Trinajstić information content (AvgIpc) is 2.48. The lowest BCUT2D eigenvalue weighted by molar-refractivity contribution is -0.0733. The number of aromatic nitrogens is 2. The third-order valence-corrected chi connectivity index (χ3v) is 1.38. The number of hydroxylamine groups is 1. The molecule has 4 nitrogen and oxygen atoms in total. The van der Waals surface area contributed by atoms with Crippen LogP contribution in [0.2, 0.25) is 0 Å². The molecule has 1 heterocycles. The summed E-state index contributed by atoms with van der Waals surface area (Å²) >= 11 is 0. The number of hydrogen-bond acceptors (Lipinski definition) is 3. The van der Waals surface area contributed by atoms with Crippen molar-refractivity contribution in [2.24, 2.45) is 0 Å². The minimum absolute atomic E-state index is 0.135. The highest BCUT2D eigenvalue weighted by molar-refractivity contribution is 4.77. The van der Waals surface area contributed by atoms with E-state index in [-0.39, 0.29) is 5.60 Å². The lowest BCUT2D eigenvalue weighted by atomic mass is 10.2. The molecule has 0 aromatic carbocycles. The Kier molecular flexibility index (Phi) is 3.45. The molecule has 0 aliphatic carbocycles. The average molecular weight is 183 g/mol. The molecule has 74 valence electrons. The molecule has 0 unspecified atom stereocenters. The summed E-state index contributed by atoms with van der Waals surface area (Å²) in [5, 5.41) is 4.07. The van der Waals surface area contributed by atoms with E-state index in [0.717, 1.165) is 13.1 Å². The van der Waals surface area contributed by atoms with Crippen LogP contribution >= 0.6 is 0 Å². The van der Waals surface area contributed by atoms with E-state index in [4.69, 9.17) is 4.84 Å². The van der Waals surface area contributed by atoms with Crippen molar-refractivity contribution < 1.29 is 4.84 Å². The van der Waals surface area contributed by atoms with Crippen molar-refractivity contribution >= 4 is 0 Å². The SMILES string of the molecule is CC(C)(C)ONCCn1cccn1. The molecule has 0 atom stereocenters. The summed E-state index contributed by atoms with van der Waals surface area (Å²) in [6.07, 6.45) is 3.70. The van der Waals surface area contributed by atoms with Crippen LogP contribution in [0.4, 0.5) is 0 Å². The van der Waals surface area contributed by atoms with Gasteiger partial charge in [0.2, 0.25) is 0 Å². The molecule has 0 saturated heterocycles. The molecular formula is C9H17N3O. The lowest BCUT2D eigenvalue weighted by Gasteiger charge is -2.19. The van der Waals surface area contributed by atoms with Crippen molar-refractivity contribution in [2.75, 3.05) is 6.54 Å². The van der Waals surface area contributed by atoms with Gasteiger partial charge in [0, 0.05) is 18.9 Å². The van der Waals surface area contributed by atoms with E-state index in [9.17, 15) is 0 Å². The Bertz CT molecular complexity index is 226. The largest absolute Gasteiger partial charge is 0.296 e. The number of hydrogen-bond donors (Lipinski definition) is 1. The minimum atomic E-state index is -0.135. The van der Waals surface area contributed by atoms with Crippen molar-refractivity contribution in [1.82, 2.24) is 15.3 Å². The molecule has 0 fully saturated rings. The number of rotatable bonds is 4. The van der Waals surface area contributed by atoms with Gasteiger partial charge in [-0.3, -0.25) is 9.52 Å². The number of nitrogens with one attached hydrogen (secondary N) is 1. The summed E-state index contributed by atoms with van der Waals surface area (Å²) < 4.78 is 1.86. The standard InChI is InChI=1S/C9H17N3O/c1-9(2,3)13-11-6-8-12-7-4-5-10-12/h4-5,7,11H,6,8H2,1-3H3. The molecule has 1 N–H and O–H groups in total. The van der Waals surface area contributed by atoms with Crippen LogP contribution in [-0.2, 0) is 11.4 Å². The van der Waals surface area contributed by atoms with E-state index in [1.54, 1.807) is 6.20 Å². The van der Waals surface area contributed by atoms with Gasteiger partial charge in [0.25, 0.3) is 0 Å². The molecule has 0 radical (unpaired) electrons. The summed E-state index contributed by atoms with van der Waals surface area (Å²) in [6, 6.07) is 1.91. The van der Waals surface area contributed by atoms with Gasteiger partial charge in [-0.25, -0.2) is 5.48 Å². The zero-order chi connectivity index (χ0) is 9.73. The maximum atomic E-state index is 5.34. The van der Waals surface area contributed by atoms with E-state index < -0.39 is 0 Å². The van der Waals surface area contributed by atoms with Crippen molar-refractivity contribution in [3.63, 3.8) is 0 Å². The molecule has 1 aromatic rings.